The smallest absolute Gasteiger partial charge is 0.338 e. The lowest BCUT2D eigenvalue weighted by Crippen LogP contribution is -2.46. The summed E-state index contributed by atoms with van der Waals surface area (Å²) in [6.45, 7) is 1.80. The van der Waals surface area contributed by atoms with Crippen molar-refractivity contribution in [2.75, 3.05) is 33.4 Å². The SMILES string of the molecule is COC(=O)C1=C(CN2CCO[C@H](CCC(=O)CC(=O)O)C2)NC(c2nccs2)=N[C@H]1c1ccc(F)cc1Br. The number of aliphatic carboxylic acids is 1. The third-order valence-electron chi connectivity index (χ3n) is 6.12. The van der Waals surface area contributed by atoms with Gasteiger partial charge >= 0.3 is 11.9 Å². The molecule has 38 heavy (non-hydrogen) atoms. The topological polar surface area (TPSA) is 130 Å². The summed E-state index contributed by atoms with van der Waals surface area (Å²) < 4.78 is 25.3. The Morgan fingerprint density at radius 2 is 2.18 bits per heavy atom. The quantitative estimate of drug-likeness (QED) is 0.308. The Bertz CT molecular complexity index is 1270. The zero-order valence-electron chi connectivity index (χ0n) is 20.5. The molecule has 2 aromatic rings. The van der Waals surface area contributed by atoms with Crippen molar-refractivity contribution in [3.8, 4) is 0 Å². The number of nitrogens with zero attached hydrogens (tertiary/aromatic N) is 3. The van der Waals surface area contributed by atoms with E-state index in [0.717, 1.165) is 0 Å². The van der Waals surface area contributed by atoms with E-state index in [9.17, 15) is 18.8 Å². The van der Waals surface area contributed by atoms with E-state index in [-0.39, 0.29) is 18.3 Å². The number of carboxylic acid groups (broad SMARTS) is 1. The number of carbonyl (C=O) groups excluding carboxylic acids is 2. The third-order valence-corrected chi connectivity index (χ3v) is 7.59. The summed E-state index contributed by atoms with van der Waals surface area (Å²) in [7, 11) is 1.29. The van der Waals surface area contributed by atoms with Gasteiger partial charge in [0.1, 0.15) is 24.1 Å². The van der Waals surface area contributed by atoms with Crippen LogP contribution in [0.3, 0.4) is 0 Å². The van der Waals surface area contributed by atoms with Gasteiger partial charge in [0.2, 0.25) is 0 Å². The molecule has 1 fully saturated rings. The second kappa shape index (κ2) is 12.7. The van der Waals surface area contributed by atoms with Crippen molar-refractivity contribution in [1.82, 2.24) is 15.2 Å². The first-order valence-corrected chi connectivity index (χ1v) is 13.5. The van der Waals surface area contributed by atoms with E-state index in [2.05, 4.69) is 31.1 Å². The number of Topliss-reactive ketones (excluding diaryl/α,β-unsaturated/α-hetero) is 1. The van der Waals surface area contributed by atoms with E-state index < -0.39 is 30.2 Å². The summed E-state index contributed by atoms with van der Waals surface area (Å²) in [6, 6.07) is 3.44. The van der Waals surface area contributed by atoms with Crippen LogP contribution in [0.15, 0.2) is 50.5 Å². The molecule has 2 N–H and O–H groups in total. The van der Waals surface area contributed by atoms with Crippen molar-refractivity contribution in [1.29, 1.82) is 0 Å². The number of esters is 1. The largest absolute Gasteiger partial charge is 0.481 e. The van der Waals surface area contributed by atoms with Gasteiger partial charge in [-0.1, -0.05) is 22.0 Å². The normalized spacial score (nSPS) is 20.0. The van der Waals surface area contributed by atoms with Crippen LogP contribution in [0.1, 0.15) is 35.9 Å². The van der Waals surface area contributed by atoms with Crippen molar-refractivity contribution in [3.05, 3.63) is 61.9 Å². The van der Waals surface area contributed by atoms with Crippen LogP contribution >= 0.6 is 27.3 Å². The van der Waals surface area contributed by atoms with Crippen LogP contribution in [0.2, 0.25) is 0 Å². The van der Waals surface area contributed by atoms with Crippen LogP contribution in [-0.4, -0.2) is 78.0 Å². The lowest BCUT2D eigenvalue weighted by atomic mass is 9.95. The number of carbonyl (C=O) groups is 3. The van der Waals surface area contributed by atoms with Crippen molar-refractivity contribution < 1.29 is 33.4 Å². The maximum atomic E-state index is 13.9. The molecule has 2 aliphatic rings. The number of nitrogens with one attached hydrogen (secondary N) is 1. The summed E-state index contributed by atoms with van der Waals surface area (Å²) in [6.07, 6.45) is 1.40. The van der Waals surface area contributed by atoms with Gasteiger partial charge in [-0.25, -0.2) is 14.2 Å². The van der Waals surface area contributed by atoms with Gasteiger partial charge in [-0.3, -0.25) is 19.5 Å². The highest BCUT2D eigenvalue weighted by Gasteiger charge is 2.35. The van der Waals surface area contributed by atoms with Crippen LogP contribution in [0.25, 0.3) is 0 Å². The maximum Gasteiger partial charge on any atom is 0.338 e. The van der Waals surface area contributed by atoms with Crippen molar-refractivity contribution >= 4 is 50.8 Å². The first-order chi connectivity index (χ1) is 18.2. The van der Waals surface area contributed by atoms with Crippen LogP contribution in [0, 0.1) is 5.82 Å². The third kappa shape index (κ3) is 6.90. The molecule has 2 atom stereocenters. The van der Waals surface area contributed by atoms with Gasteiger partial charge in [-0.15, -0.1) is 11.3 Å². The number of amidine groups is 1. The highest BCUT2D eigenvalue weighted by molar-refractivity contribution is 9.10. The van der Waals surface area contributed by atoms with Gasteiger partial charge in [0.15, 0.2) is 10.8 Å². The molecule has 10 nitrogen and oxygen atoms in total. The van der Waals surface area contributed by atoms with Gasteiger partial charge in [-0.2, -0.15) is 0 Å². The molecular formula is C25H26BrFN4O6S. The van der Waals surface area contributed by atoms with Crippen molar-refractivity contribution in [2.45, 2.75) is 31.4 Å². The second-order valence-electron chi connectivity index (χ2n) is 8.77. The average molecular weight is 609 g/mol. The highest BCUT2D eigenvalue weighted by atomic mass is 79.9. The summed E-state index contributed by atoms with van der Waals surface area (Å²) >= 11 is 4.80. The molecule has 0 radical (unpaired) electrons. The highest BCUT2D eigenvalue weighted by Crippen LogP contribution is 2.37. The fourth-order valence-electron chi connectivity index (χ4n) is 4.37. The Labute approximate surface area is 230 Å². The number of morpholine rings is 1. The number of rotatable bonds is 10. The Hall–Kier alpha value is -3.00. The minimum absolute atomic E-state index is 0.112. The predicted octanol–water partition coefficient (Wildman–Crippen LogP) is 3.09. The number of carboxylic acids is 1. The number of benzene rings is 1. The van der Waals surface area contributed by atoms with Crippen LogP contribution in [0.5, 0.6) is 0 Å². The molecule has 2 aliphatic heterocycles. The molecule has 13 heteroatoms. The molecule has 0 saturated carbocycles. The fraction of sp³-hybridized carbons (Fsp3) is 0.400. The number of hydrogen-bond acceptors (Lipinski definition) is 10. The van der Waals surface area contributed by atoms with Crippen molar-refractivity contribution in [2.24, 2.45) is 4.99 Å². The molecule has 0 spiro atoms. The molecule has 0 unspecified atom stereocenters. The lowest BCUT2D eigenvalue weighted by Gasteiger charge is -2.35. The maximum absolute atomic E-state index is 13.9. The van der Waals surface area contributed by atoms with Gasteiger partial charge in [0, 0.05) is 47.8 Å². The van der Waals surface area contributed by atoms with E-state index in [1.807, 2.05) is 5.38 Å². The minimum atomic E-state index is -1.15. The summed E-state index contributed by atoms with van der Waals surface area (Å²) in [4.78, 5) is 46.9. The van der Waals surface area contributed by atoms with E-state index in [1.165, 1.54) is 30.6 Å². The molecule has 1 aromatic heterocycles. The van der Waals surface area contributed by atoms with Gasteiger partial charge in [0.25, 0.3) is 0 Å². The van der Waals surface area contributed by atoms with E-state index >= 15 is 0 Å². The monoisotopic (exact) mass is 608 g/mol. The number of aromatic nitrogens is 1. The first-order valence-electron chi connectivity index (χ1n) is 11.8. The molecular weight excluding hydrogens is 583 g/mol. The van der Waals surface area contributed by atoms with Crippen LogP contribution in [-0.2, 0) is 23.9 Å². The Morgan fingerprint density at radius 1 is 1.37 bits per heavy atom. The van der Waals surface area contributed by atoms with Gasteiger partial charge in [-0.05, 0) is 24.1 Å². The zero-order valence-corrected chi connectivity index (χ0v) is 22.9. The lowest BCUT2D eigenvalue weighted by molar-refractivity contribution is -0.140. The predicted molar refractivity (Wildman–Crippen MR) is 140 cm³/mol. The van der Waals surface area contributed by atoms with Crippen molar-refractivity contribution in [3.63, 3.8) is 0 Å². The Balaban J connectivity index is 1.62. The van der Waals surface area contributed by atoms with Crippen LogP contribution < -0.4 is 5.32 Å². The number of methoxy groups -OCH3 is 1. The van der Waals surface area contributed by atoms with Gasteiger partial charge in [0.05, 0.1) is 25.4 Å². The molecule has 0 aliphatic carbocycles. The van der Waals surface area contributed by atoms with Crippen LogP contribution in [0.4, 0.5) is 4.39 Å². The summed E-state index contributed by atoms with van der Waals surface area (Å²) in [5.41, 5.74) is 1.46. The average Bonchev–Trinajstić information content (AvgIpc) is 3.42. The molecule has 0 bridgehead atoms. The fourth-order valence-corrected chi connectivity index (χ4v) is 5.52. The molecule has 1 aromatic carbocycles. The number of halogens is 2. The van der Waals surface area contributed by atoms with E-state index in [1.54, 1.807) is 12.3 Å². The van der Waals surface area contributed by atoms with E-state index in [0.29, 0.717) is 64.8 Å². The Kier molecular flexibility index (Phi) is 9.36. The van der Waals surface area contributed by atoms with E-state index in [4.69, 9.17) is 19.6 Å². The second-order valence-corrected chi connectivity index (χ2v) is 10.5. The molecule has 202 valence electrons. The number of aliphatic imine (C=N–C) groups is 1. The number of thiazole rings is 1. The number of ether oxygens (including phenoxy) is 2. The molecule has 1 saturated heterocycles. The number of ketones is 1. The first kappa shape index (κ1) is 28.0. The zero-order chi connectivity index (χ0) is 27.2. The molecule has 0 amide bonds. The molecule has 3 heterocycles. The standard InChI is InChI=1S/C25H26BrFN4O6S/c1-36-25(35)21-19(13-31-7-8-37-16(12-31)4-3-15(32)11-20(33)34)29-23(24-28-6-9-38-24)30-22(21)17-5-2-14(27)10-18(17)26/h2,5-6,9-10,16,22H,3-4,7-8,11-13H2,1H3,(H,29,30)(H,33,34)/t16-,22+/m1/s1. The summed E-state index contributed by atoms with van der Waals surface area (Å²) in [5, 5.41) is 14.5. The number of hydrogen-bond donors (Lipinski definition) is 2. The Morgan fingerprint density at radius 3 is 2.87 bits per heavy atom. The van der Waals surface area contributed by atoms with Gasteiger partial charge < -0.3 is 19.9 Å². The minimum Gasteiger partial charge on any atom is -0.481 e. The summed E-state index contributed by atoms with van der Waals surface area (Å²) in [5.74, 6) is -2.01. The molecule has 4 rings (SSSR count).